The third-order valence-corrected chi connectivity index (χ3v) is 4.04. The van der Waals surface area contributed by atoms with Gasteiger partial charge in [-0.3, -0.25) is 4.79 Å². The van der Waals surface area contributed by atoms with Gasteiger partial charge in [0.1, 0.15) is 5.41 Å². The van der Waals surface area contributed by atoms with Crippen molar-refractivity contribution in [2.75, 3.05) is 5.32 Å². The van der Waals surface area contributed by atoms with Crippen LogP contribution in [0.1, 0.15) is 36.8 Å². The van der Waals surface area contributed by atoms with Gasteiger partial charge in [0.2, 0.25) is 5.91 Å². The molecule has 1 aromatic rings. The Labute approximate surface area is 107 Å². The highest BCUT2D eigenvalue weighted by Gasteiger charge is 2.50. The van der Waals surface area contributed by atoms with Gasteiger partial charge in [0, 0.05) is 5.69 Å². The van der Waals surface area contributed by atoms with Crippen molar-refractivity contribution in [1.82, 2.24) is 0 Å². The van der Waals surface area contributed by atoms with Crippen LogP contribution in [0.5, 0.6) is 0 Å². The maximum atomic E-state index is 12.1. The lowest BCUT2D eigenvalue weighted by Gasteiger charge is -2.20. The van der Waals surface area contributed by atoms with E-state index in [2.05, 4.69) is 17.5 Å². The number of aryl methyl sites for hydroxylation is 1. The first-order chi connectivity index (χ1) is 8.75. The zero-order chi connectivity index (χ0) is 12.6. The maximum Gasteiger partial charge on any atom is 0.244 e. The summed E-state index contributed by atoms with van der Waals surface area (Å²) in [5.74, 6) is -0.121. The number of hydrogen-bond donors (Lipinski definition) is 1. The first-order valence-electron chi connectivity index (χ1n) is 6.59. The SMILES string of the molecule is N#CC1(C(=O)Nc2cccc3c2CCCC3)CC1. The molecule has 0 spiro atoms. The Bertz CT molecular complexity index is 538. The Hall–Kier alpha value is -1.82. The molecule has 0 unspecified atom stereocenters. The standard InChI is InChI=1S/C15H16N2O/c16-10-15(8-9-15)14(18)17-13-7-3-5-11-4-1-2-6-12(11)13/h3,5,7H,1-2,4,6,8-9H2,(H,17,18). The van der Waals surface area contributed by atoms with E-state index in [1.807, 2.05) is 12.1 Å². The van der Waals surface area contributed by atoms with Crippen LogP contribution in [0, 0.1) is 16.7 Å². The van der Waals surface area contributed by atoms with Gasteiger partial charge in [0.25, 0.3) is 0 Å². The number of nitriles is 1. The minimum atomic E-state index is -0.739. The smallest absolute Gasteiger partial charge is 0.244 e. The Morgan fingerprint density at radius 1 is 1.28 bits per heavy atom. The van der Waals surface area contributed by atoms with E-state index in [9.17, 15) is 4.79 Å². The fraction of sp³-hybridized carbons (Fsp3) is 0.467. The summed E-state index contributed by atoms with van der Waals surface area (Å²) in [5, 5.41) is 12.0. The van der Waals surface area contributed by atoms with E-state index in [4.69, 9.17) is 5.26 Å². The molecule has 0 aliphatic heterocycles. The summed E-state index contributed by atoms with van der Waals surface area (Å²) < 4.78 is 0. The van der Waals surface area contributed by atoms with E-state index >= 15 is 0 Å². The minimum Gasteiger partial charge on any atom is -0.324 e. The number of rotatable bonds is 2. The number of nitrogens with one attached hydrogen (secondary N) is 1. The van der Waals surface area contributed by atoms with Gasteiger partial charge < -0.3 is 5.32 Å². The molecule has 2 aliphatic rings. The number of benzene rings is 1. The molecule has 3 rings (SSSR count). The highest BCUT2D eigenvalue weighted by molar-refractivity contribution is 5.99. The van der Waals surface area contributed by atoms with Gasteiger partial charge in [-0.25, -0.2) is 0 Å². The molecule has 18 heavy (non-hydrogen) atoms. The van der Waals surface area contributed by atoms with Crippen molar-refractivity contribution in [3.05, 3.63) is 29.3 Å². The number of amides is 1. The predicted octanol–water partition coefficient (Wildman–Crippen LogP) is 2.81. The maximum absolute atomic E-state index is 12.1. The molecule has 0 atom stereocenters. The molecule has 1 saturated carbocycles. The monoisotopic (exact) mass is 240 g/mol. The van der Waals surface area contributed by atoms with E-state index in [0.29, 0.717) is 12.8 Å². The van der Waals surface area contributed by atoms with Crippen LogP contribution >= 0.6 is 0 Å². The second kappa shape index (κ2) is 4.13. The summed E-state index contributed by atoms with van der Waals surface area (Å²) in [6.45, 7) is 0. The lowest BCUT2D eigenvalue weighted by Crippen LogP contribution is -2.24. The van der Waals surface area contributed by atoms with E-state index in [1.165, 1.54) is 24.0 Å². The fourth-order valence-electron chi connectivity index (χ4n) is 2.66. The fourth-order valence-corrected chi connectivity index (χ4v) is 2.66. The molecule has 0 saturated heterocycles. The summed E-state index contributed by atoms with van der Waals surface area (Å²) in [4.78, 5) is 12.1. The van der Waals surface area contributed by atoms with Crippen LogP contribution in [-0.2, 0) is 17.6 Å². The van der Waals surface area contributed by atoms with E-state index in [-0.39, 0.29) is 5.91 Å². The molecule has 0 bridgehead atoms. The predicted molar refractivity (Wildman–Crippen MR) is 69.0 cm³/mol. The average Bonchev–Trinajstić information content (AvgIpc) is 3.20. The van der Waals surface area contributed by atoms with Crippen molar-refractivity contribution in [3.8, 4) is 6.07 Å². The summed E-state index contributed by atoms with van der Waals surface area (Å²) >= 11 is 0. The molecule has 1 N–H and O–H groups in total. The van der Waals surface area contributed by atoms with Gasteiger partial charge in [0.05, 0.1) is 6.07 Å². The zero-order valence-electron chi connectivity index (χ0n) is 10.3. The average molecular weight is 240 g/mol. The normalized spacial score (nSPS) is 19.5. The third kappa shape index (κ3) is 1.78. The molecule has 0 radical (unpaired) electrons. The number of hydrogen-bond acceptors (Lipinski definition) is 2. The molecule has 0 aromatic heterocycles. The Morgan fingerprint density at radius 3 is 2.78 bits per heavy atom. The van der Waals surface area contributed by atoms with E-state index < -0.39 is 5.41 Å². The van der Waals surface area contributed by atoms with Crippen molar-refractivity contribution in [2.24, 2.45) is 5.41 Å². The lowest BCUT2D eigenvalue weighted by molar-refractivity contribution is -0.119. The van der Waals surface area contributed by atoms with Gasteiger partial charge in [-0.1, -0.05) is 12.1 Å². The highest BCUT2D eigenvalue weighted by atomic mass is 16.2. The Morgan fingerprint density at radius 2 is 2.06 bits per heavy atom. The van der Waals surface area contributed by atoms with Crippen molar-refractivity contribution in [3.63, 3.8) is 0 Å². The Balaban J connectivity index is 1.85. The number of carbonyl (C=O) groups is 1. The van der Waals surface area contributed by atoms with Crippen molar-refractivity contribution < 1.29 is 4.79 Å². The molecule has 92 valence electrons. The second-order valence-corrected chi connectivity index (χ2v) is 5.30. The molecule has 3 nitrogen and oxygen atoms in total. The first-order valence-corrected chi connectivity index (χ1v) is 6.59. The number of fused-ring (bicyclic) bond motifs is 1. The second-order valence-electron chi connectivity index (χ2n) is 5.30. The number of nitrogens with zero attached hydrogens (tertiary/aromatic N) is 1. The van der Waals surface area contributed by atoms with Crippen molar-refractivity contribution in [1.29, 1.82) is 5.26 Å². The van der Waals surface area contributed by atoms with E-state index in [1.54, 1.807) is 0 Å². The molecular formula is C15H16N2O. The van der Waals surface area contributed by atoms with Crippen LogP contribution in [0.3, 0.4) is 0 Å². The summed E-state index contributed by atoms with van der Waals surface area (Å²) in [7, 11) is 0. The zero-order valence-corrected chi connectivity index (χ0v) is 10.3. The van der Waals surface area contributed by atoms with Crippen LogP contribution in [-0.4, -0.2) is 5.91 Å². The summed E-state index contributed by atoms with van der Waals surface area (Å²) in [5.41, 5.74) is 2.79. The van der Waals surface area contributed by atoms with Crippen molar-refractivity contribution >= 4 is 11.6 Å². The summed E-state index contributed by atoms with van der Waals surface area (Å²) in [6, 6.07) is 8.23. The van der Waals surface area contributed by atoms with Crippen LogP contribution in [0.15, 0.2) is 18.2 Å². The molecule has 3 heteroatoms. The van der Waals surface area contributed by atoms with Gasteiger partial charge >= 0.3 is 0 Å². The Kier molecular flexibility index (Phi) is 2.59. The highest BCUT2D eigenvalue weighted by Crippen LogP contribution is 2.46. The molecule has 0 heterocycles. The van der Waals surface area contributed by atoms with Crippen LogP contribution in [0.4, 0.5) is 5.69 Å². The first kappa shape index (κ1) is 11.3. The molecule has 1 amide bonds. The number of anilines is 1. The van der Waals surface area contributed by atoms with Gasteiger partial charge in [-0.2, -0.15) is 5.26 Å². The van der Waals surface area contributed by atoms with Crippen LogP contribution in [0.2, 0.25) is 0 Å². The topological polar surface area (TPSA) is 52.9 Å². The quantitative estimate of drug-likeness (QED) is 0.864. The van der Waals surface area contributed by atoms with Gasteiger partial charge in [-0.05, 0) is 55.7 Å². The largest absolute Gasteiger partial charge is 0.324 e. The van der Waals surface area contributed by atoms with Crippen LogP contribution < -0.4 is 5.32 Å². The lowest BCUT2D eigenvalue weighted by atomic mass is 9.90. The van der Waals surface area contributed by atoms with E-state index in [0.717, 1.165) is 18.5 Å². The summed E-state index contributed by atoms with van der Waals surface area (Å²) in [6.07, 6.45) is 5.94. The van der Waals surface area contributed by atoms with Crippen LogP contribution in [0.25, 0.3) is 0 Å². The molecule has 2 aliphatic carbocycles. The molecule has 1 fully saturated rings. The minimum absolute atomic E-state index is 0.121. The number of carbonyl (C=O) groups excluding carboxylic acids is 1. The third-order valence-electron chi connectivity index (χ3n) is 4.04. The van der Waals surface area contributed by atoms with Crippen molar-refractivity contribution in [2.45, 2.75) is 38.5 Å². The molecular weight excluding hydrogens is 224 g/mol. The van der Waals surface area contributed by atoms with Gasteiger partial charge in [-0.15, -0.1) is 0 Å². The van der Waals surface area contributed by atoms with Gasteiger partial charge in [0.15, 0.2) is 0 Å². The molecule has 1 aromatic carbocycles.